The Morgan fingerprint density at radius 2 is 1.96 bits per heavy atom. The largest absolute Gasteiger partial charge is 0.453 e. The summed E-state index contributed by atoms with van der Waals surface area (Å²) in [6.45, 7) is 0.861. The molecule has 2 aromatic rings. The first-order chi connectivity index (χ1) is 10.9. The molecule has 0 saturated carbocycles. The van der Waals surface area contributed by atoms with Gasteiger partial charge in [-0.25, -0.2) is 18.0 Å². The average Bonchev–Trinajstić information content (AvgIpc) is 2.93. The molecule has 0 bridgehead atoms. The van der Waals surface area contributed by atoms with Crippen molar-refractivity contribution in [3.8, 4) is 0 Å². The van der Waals surface area contributed by atoms with Crippen molar-refractivity contribution in [2.24, 2.45) is 0 Å². The second kappa shape index (κ2) is 5.70. The number of ether oxygens (including phenoxy) is 1. The Balaban J connectivity index is 1.83. The number of aromatic amines is 1. The molecular weight excluding hydrogens is 326 g/mol. The Morgan fingerprint density at radius 3 is 2.61 bits per heavy atom. The second-order valence-electron chi connectivity index (χ2n) is 5.03. The maximum absolute atomic E-state index is 12.6. The Morgan fingerprint density at radius 1 is 1.26 bits per heavy atom. The van der Waals surface area contributed by atoms with E-state index < -0.39 is 21.9 Å². The Hall–Kier alpha value is -2.33. The van der Waals surface area contributed by atoms with Crippen LogP contribution in [0.3, 0.4) is 0 Å². The predicted molar refractivity (Wildman–Crippen MR) is 79.6 cm³/mol. The number of rotatable bonds is 2. The Bertz CT molecular complexity index is 892. The van der Waals surface area contributed by atoms with E-state index in [1.165, 1.54) is 34.5 Å². The quantitative estimate of drug-likeness (QED) is 0.834. The highest BCUT2D eigenvalue weighted by atomic mass is 32.2. The summed E-state index contributed by atoms with van der Waals surface area (Å²) < 4.78 is 36.1. The molecular formula is C13H15N3O6S. The minimum Gasteiger partial charge on any atom is -0.453 e. The number of amides is 1. The molecule has 2 heterocycles. The number of hydrogen-bond donors (Lipinski definition) is 1. The highest BCUT2D eigenvalue weighted by Gasteiger charge is 2.30. The number of H-pyrrole nitrogens is 1. The van der Waals surface area contributed by atoms with Gasteiger partial charge in [0.25, 0.3) is 0 Å². The smallest absolute Gasteiger partial charge is 0.417 e. The van der Waals surface area contributed by atoms with E-state index in [2.05, 4.69) is 9.72 Å². The third kappa shape index (κ3) is 2.82. The van der Waals surface area contributed by atoms with Crippen molar-refractivity contribution in [1.29, 1.82) is 0 Å². The van der Waals surface area contributed by atoms with Crippen LogP contribution in [0.15, 0.2) is 32.3 Å². The van der Waals surface area contributed by atoms with E-state index in [1.54, 1.807) is 0 Å². The molecule has 0 atom stereocenters. The van der Waals surface area contributed by atoms with Crippen molar-refractivity contribution in [2.75, 3.05) is 33.3 Å². The maximum atomic E-state index is 12.6. The van der Waals surface area contributed by atoms with E-state index in [1.807, 2.05) is 0 Å². The van der Waals surface area contributed by atoms with Gasteiger partial charge in [0, 0.05) is 32.2 Å². The van der Waals surface area contributed by atoms with Crippen LogP contribution in [0.25, 0.3) is 11.1 Å². The van der Waals surface area contributed by atoms with Crippen molar-refractivity contribution in [3.05, 3.63) is 28.7 Å². The number of benzene rings is 1. The fraction of sp³-hybridized carbons (Fsp3) is 0.385. The summed E-state index contributed by atoms with van der Waals surface area (Å²) in [5, 5.41) is 0. The van der Waals surface area contributed by atoms with Gasteiger partial charge in [0.1, 0.15) is 0 Å². The van der Waals surface area contributed by atoms with Crippen LogP contribution in [0.5, 0.6) is 0 Å². The summed E-state index contributed by atoms with van der Waals surface area (Å²) in [4.78, 5) is 26.5. The van der Waals surface area contributed by atoms with Crippen molar-refractivity contribution in [2.45, 2.75) is 4.90 Å². The van der Waals surface area contributed by atoms with Gasteiger partial charge in [-0.2, -0.15) is 4.31 Å². The minimum absolute atomic E-state index is 0.0410. The molecule has 1 amide bonds. The molecule has 9 nitrogen and oxygen atoms in total. The van der Waals surface area contributed by atoms with Crippen LogP contribution in [-0.2, 0) is 14.8 Å². The molecule has 0 unspecified atom stereocenters. The number of piperazine rings is 1. The number of aromatic nitrogens is 1. The number of oxazole rings is 1. The van der Waals surface area contributed by atoms with Crippen LogP contribution >= 0.6 is 0 Å². The van der Waals surface area contributed by atoms with Crippen molar-refractivity contribution < 1.29 is 22.4 Å². The zero-order valence-electron chi connectivity index (χ0n) is 12.3. The first kappa shape index (κ1) is 15.6. The first-order valence-electron chi connectivity index (χ1n) is 6.88. The van der Waals surface area contributed by atoms with Crippen molar-refractivity contribution in [3.63, 3.8) is 0 Å². The lowest BCUT2D eigenvalue weighted by molar-refractivity contribution is 0.108. The molecule has 1 aliphatic rings. The highest BCUT2D eigenvalue weighted by molar-refractivity contribution is 7.89. The van der Waals surface area contributed by atoms with Crippen LogP contribution in [0.1, 0.15) is 0 Å². The second-order valence-corrected chi connectivity index (χ2v) is 6.97. The number of nitrogens with zero attached hydrogens (tertiary/aromatic N) is 2. The summed E-state index contributed by atoms with van der Waals surface area (Å²) in [6.07, 6.45) is -0.474. The van der Waals surface area contributed by atoms with Gasteiger partial charge >= 0.3 is 11.8 Å². The molecule has 1 aliphatic heterocycles. The van der Waals surface area contributed by atoms with Gasteiger partial charge in [-0.1, -0.05) is 0 Å². The number of hydrogen-bond acceptors (Lipinski definition) is 6. The monoisotopic (exact) mass is 341 g/mol. The maximum Gasteiger partial charge on any atom is 0.417 e. The number of fused-ring (bicyclic) bond motifs is 1. The van der Waals surface area contributed by atoms with E-state index in [-0.39, 0.29) is 36.7 Å². The topological polar surface area (TPSA) is 113 Å². The number of nitrogens with one attached hydrogen (secondary N) is 1. The van der Waals surface area contributed by atoms with Crippen LogP contribution in [-0.4, -0.2) is 62.0 Å². The zero-order valence-corrected chi connectivity index (χ0v) is 13.1. The number of methoxy groups -OCH3 is 1. The molecule has 3 rings (SSSR count). The molecule has 1 fully saturated rings. The van der Waals surface area contributed by atoms with Gasteiger partial charge in [-0.3, -0.25) is 4.98 Å². The van der Waals surface area contributed by atoms with Crippen LogP contribution in [0, 0.1) is 0 Å². The van der Waals surface area contributed by atoms with Gasteiger partial charge < -0.3 is 14.1 Å². The van der Waals surface area contributed by atoms with Gasteiger partial charge in [-0.05, 0) is 12.1 Å². The molecule has 10 heteroatoms. The standard InChI is InChI=1S/C13H15N3O6S/c1-21-13(18)15-4-6-16(7-5-15)23(19,20)9-2-3-10-11(8-9)22-12(17)14-10/h2-3,8H,4-7H2,1H3,(H,14,17). The molecule has 0 spiro atoms. The average molecular weight is 341 g/mol. The van der Waals surface area contributed by atoms with E-state index in [4.69, 9.17) is 4.42 Å². The lowest BCUT2D eigenvalue weighted by atomic mass is 10.3. The molecule has 23 heavy (non-hydrogen) atoms. The summed E-state index contributed by atoms with van der Waals surface area (Å²) in [7, 11) is -2.44. The van der Waals surface area contributed by atoms with E-state index >= 15 is 0 Å². The zero-order chi connectivity index (χ0) is 16.6. The molecule has 1 saturated heterocycles. The van der Waals surface area contributed by atoms with E-state index in [0.717, 1.165) is 0 Å². The molecule has 0 radical (unpaired) electrons. The first-order valence-corrected chi connectivity index (χ1v) is 8.32. The third-order valence-electron chi connectivity index (χ3n) is 3.70. The van der Waals surface area contributed by atoms with Crippen molar-refractivity contribution in [1.82, 2.24) is 14.2 Å². The van der Waals surface area contributed by atoms with E-state index in [9.17, 15) is 18.0 Å². The summed E-state index contributed by atoms with van der Waals surface area (Å²) in [6, 6.07) is 4.21. The highest BCUT2D eigenvalue weighted by Crippen LogP contribution is 2.21. The van der Waals surface area contributed by atoms with Gasteiger partial charge in [0.2, 0.25) is 10.0 Å². The number of carbonyl (C=O) groups excluding carboxylic acids is 1. The molecule has 1 aromatic carbocycles. The fourth-order valence-corrected chi connectivity index (χ4v) is 3.91. The third-order valence-corrected chi connectivity index (χ3v) is 5.60. The lowest BCUT2D eigenvalue weighted by Gasteiger charge is -2.32. The normalized spacial score (nSPS) is 16.7. The van der Waals surface area contributed by atoms with E-state index in [0.29, 0.717) is 5.52 Å². The predicted octanol–water partition coefficient (Wildman–Crippen LogP) is 0.194. The van der Waals surface area contributed by atoms with Crippen LogP contribution in [0.4, 0.5) is 4.79 Å². The van der Waals surface area contributed by atoms with Crippen LogP contribution < -0.4 is 5.76 Å². The molecule has 1 aromatic heterocycles. The van der Waals surface area contributed by atoms with Gasteiger partial charge in [0.05, 0.1) is 17.5 Å². The molecule has 1 N–H and O–H groups in total. The number of carbonyl (C=O) groups is 1. The van der Waals surface area contributed by atoms with Crippen molar-refractivity contribution >= 4 is 27.2 Å². The number of sulfonamides is 1. The SMILES string of the molecule is COC(=O)N1CCN(S(=O)(=O)c2ccc3[nH]c(=O)oc3c2)CC1. The Labute approximate surface area is 131 Å². The summed E-state index contributed by atoms with van der Waals surface area (Å²) >= 11 is 0. The Kier molecular flexibility index (Phi) is 3.86. The van der Waals surface area contributed by atoms with Gasteiger partial charge in [0.15, 0.2) is 5.58 Å². The minimum atomic E-state index is -3.72. The molecule has 0 aliphatic carbocycles. The van der Waals surface area contributed by atoms with Gasteiger partial charge in [-0.15, -0.1) is 0 Å². The van der Waals surface area contributed by atoms with Crippen LogP contribution in [0.2, 0.25) is 0 Å². The lowest BCUT2D eigenvalue weighted by Crippen LogP contribution is -2.50. The summed E-state index contributed by atoms with van der Waals surface area (Å²) in [5.74, 6) is -0.638. The fourth-order valence-electron chi connectivity index (χ4n) is 2.48. The molecule has 124 valence electrons. The summed E-state index contributed by atoms with van der Waals surface area (Å²) in [5.41, 5.74) is 0.619.